The van der Waals surface area contributed by atoms with Crippen molar-refractivity contribution in [1.29, 1.82) is 0 Å². The quantitative estimate of drug-likeness (QED) is 0.125. The van der Waals surface area contributed by atoms with Gasteiger partial charge in [-0.15, -0.1) is 24.1 Å². The van der Waals surface area contributed by atoms with Crippen LogP contribution in [0.25, 0.3) is 0 Å². The van der Waals surface area contributed by atoms with Crippen molar-refractivity contribution in [2.75, 3.05) is 12.4 Å². The number of allylic oxidation sites excluding steroid dienone is 5. The van der Waals surface area contributed by atoms with Crippen LogP contribution in [-0.4, -0.2) is 18.1 Å². The highest BCUT2D eigenvalue weighted by atomic mass is 32.2. The Bertz CT molecular complexity index is 666. The Kier molecular flexibility index (Phi) is 9.90. The molecule has 0 amide bonds. The minimum absolute atomic E-state index is 0.000202. The largest absolute Gasteiger partial charge is 0.498 e. The molecule has 4 heteroatoms. The molecule has 1 fully saturated rings. The molecule has 0 spiro atoms. The first-order valence-corrected chi connectivity index (χ1v) is 11.6. The van der Waals surface area contributed by atoms with Crippen LogP contribution < -0.4 is 0 Å². The van der Waals surface area contributed by atoms with Crippen molar-refractivity contribution in [3.63, 3.8) is 0 Å². The molecule has 2 rings (SSSR count). The second-order valence-corrected chi connectivity index (χ2v) is 8.87. The summed E-state index contributed by atoms with van der Waals surface area (Å²) in [6, 6.07) is 0. The summed E-state index contributed by atoms with van der Waals surface area (Å²) in [7, 11) is 0. The van der Waals surface area contributed by atoms with E-state index in [0.717, 1.165) is 50.0 Å². The average Bonchev–Trinajstić information content (AvgIpc) is 2.71. The summed E-state index contributed by atoms with van der Waals surface area (Å²) >= 11 is 3.26. The summed E-state index contributed by atoms with van der Waals surface area (Å²) in [5, 5.41) is 2.06. The van der Waals surface area contributed by atoms with Crippen LogP contribution in [0.15, 0.2) is 64.2 Å². The van der Waals surface area contributed by atoms with E-state index >= 15 is 0 Å². The first kappa shape index (κ1) is 21.9. The zero-order valence-corrected chi connectivity index (χ0v) is 17.9. The molecule has 0 aromatic carbocycles. The lowest BCUT2D eigenvalue weighted by molar-refractivity contribution is -0.121. The topological polar surface area (TPSA) is 26.3 Å². The third kappa shape index (κ3) is 6.95. The van der Waals surface area contributed by atoms with Crippen LogP contribution in [0.5, 0.6) is 0 Å². The minimum atomic E-state index is -0.000202. The maximum Gasteiger partial charge on any atom is 0.172 e. The molecular weight excluding hydrogens is 372 g/mol. The zero-order valence-electron chi connectivity index (χ0n) is 16.2. The van der Waals surface area contributed by atoms with Gasteiger partial charge < -0.3 is 4.74 Å². The molecule has 2 atom stereocenters. The first-order chi connectivity index (χ1) is 13.2. The second-order valence-electron chi connectivity index (χ2n) is 6.68. The molecule has 0 saturated heterocycles. The van der Waals surface area contributed by atoms with Crippen molar-refractivity contribution in [3.8, 4) is 0 Å². The Morgan fingerprint density at radius 3 is 2.85 bits per heavy atom. The molecule has 27 heavy (non-hydrogen) atoms. The maximum atomic E-state index is 13.0. The van der Waals surface area contributed by atoms with Crippen LogP contribution in [-0.2, 0) is 9.53 Å². The Morgan fingerprint density at radius 1 is 1.41 bits per heavy atom. The summed E-state index contributed by atoms with van der Waals surface area (Å²) in [5.74, 6) is 2.22. The van der Waals surface area contributed by atoms with E-state index in [1.165, 1.54) is 4.91 Å². The van der Waals surface area contributed by atoms with E-state index in [4.69, 9.17) is 4.74 Å². The molecule has 1 aliphatic heterocycles. The number of hydrogen-bond donors (Lipinski definition) is 0. The van der Waals surface area contributed by atoms with E-state index in [-0.39, 0.29) is 17.6 Å². The lowest BCUT2D eigenvalue weighted by Crippen LogP contribution is -2.30. The van der Waals surface area contributed by atoms with E-state index in [1.54, 1.807) is 23.5 Å². The monoisotopic (exact) mass is 402 g/mol. The minimum Gasteiger partial charge on any atom is -0.498 e. The summed E-state index contributed by atoms with van der Waals surface area (Å²) in [6.45, 7) is 10.4. The smallest absolute Gasteiger partial charge is 0.172 e. The number of hydrogen-bond acceptors (Lipinski definition) is 4. The fourth-order valence-electron chi connectivity index (χ4n) is 3.46. The average molecular weight is 403 g/mol. The van der Waals surface area contributed by atoms with Crippen molar-refractivity contribution in [2.24, 2.45) is 11.8 Å². The Labute approximate surface area is 172 Å². The SMILES string of the molecule is C=CCCSC(=C)C(=O)C1CCCCC1/C(=C/C)OCCC1=C=CC=CS1. The number of ketones is 1. The van der Waals surface area contributed by atoms with Gasteiger partial charge in [0, 0.05) is 33.8 Å². The van der Waals surface area contributed by atoms with Crippen molar-refractivity contribution < 1.29 is 9.53 Å². The Hall–Kier alpha value is -1.35. The van der Waals surface area contributed by atoms with E-state index in [0.29, 0.717) is 11.5 Å². The summed E-state index contributed by atoms with van der Waals surface area (Å²) < 4.78 is 6.14. The third-order valence-corrected chi connectivity index (χ3v) is 6.74. The van der Waals surface area contributed by atoms with Crippen molar-refractivity contribution in [3.05, 3.63) is 64.2 Å². The fourth-order valence-corrected chi connectivity index (χ4v) is 4.94. The molecule has 1 heterocycles. The standard InChI is InChI=1S/C23H30O2S2/c1-4-6-16-26-18(3)23(24)21-13-8-7-12-20(21)22(5-2)25-15-14-19-11-9-10-17-27-19/h4-5,9-10,17,20-21H,1,3,6-8,12-16H2,2H3/b22-5-. The van der Waals surface area contributed by atoms with Crippen LogP contribution in [0.2, 0.25) is 0 Å². The van der Waals surface area contributed by atoms with Gasteiger partial charge in [-0.3, -0.25) is 4.79 Å². The number of carbonyl (C=O) groups excluding carboxylic acids is 1. The van der Waals surface area contributed by atoms with Gasteiger partial charge in [-0.1, -0.05) is 37.3 Å². The van der Waals surface area contributed by atoms with Crippen molar-refractivity contribution in [2.45, 2.75) is 45.4 Å². The van der Waals surface area contributed by atoms with Crippen molar-refractivity contribution >= 4 is 29.3 Å². The summed E-state index contributed by atoms with van der Waals surface area (Å²) in [6.07, 6.45) is 13.8. The highest BCUT2D eigenvalue weighted by Gasteiger charge is 2.35. The van der Waals surface area contributed by atoms with Crippen LogP contribution in [0, 0.1) is 11.8 Å². The molecule has 0 bridgehead atoms. The zero-order chi connectivity index (χ0) is 19.5. The molecule has 0 N–H and O–H groups in total. The normalized spacial score (nSPS) is 22.3. The molecule has 2 aliphatic rings. The molecule has 0 aromatic heterocycles. The van der Waals surface area contributed by atoms with E-state index in [1.807, 2.05) is 31.2 Å². The summed E-state index contributed by atoms with van der Waals surface area (Å²) in [5.41, 5.74) is 3.25. The molecule has 2 nitrogen and oxygen atoms in total. The molecule has 0 radical (unpaired) electrons. The molecule has 1 aliphatic carbocycles. The highest BCUT2D eigenvalue weighted by Crippen LogP contribution is 2.39. The van der Waals surface area contributed by atoms with Gasteiger partial charge in [-0.2, -0.15) is 0 Å². The number of thioether (sulfide) groups is 2. The van der Waals surface area contributed by atoms with E-state index < -0.39 is 0 Å². The van der Waals surface area contributed by atoms with Gasteiger partial charge in [0.25, 0.3) is 0 Å². The number of Topliss-reactive ketones (excluding diaryl/α,β-unsaturated/α-hetero) is 1. The molecule has 1 saturated carbocycles. The Balaban J connectivity index is 1.94. The number of ether oxygens (including phenoxy) is 1. The fraction of sp³-hybridized carbons (Fsp3) is 0.478. The van der Waals surface area contributed by atoms with Crippen LogP contribution in [0.1, 0.15) is 45.4 Å². The van der Waals surface area contributed by atoms with Crippen LogP contribution in [0.3, 0.4) is 0 Å². The lowest BCUT2D eigenvalue weighted by atomic mass is 9.75. The van der Waals surface area contributed by atoms with E-state index in [2.05, 4.69) is 24.3 Å². The summed E-state index contributed by atoms with van der Waals surface area (Å²) in [4.78, 5) is 14.9. The highest BCUT2D eigenvalue weighted by molar-refractivity contribution is 8.05. The molecule has 2 unspecified atom stereocenters. The Morgan fingerprint density at radius 2 is 2.19 bits per heavy atom. The van der Waals surface area contributed by atoms with E-state index in [9.17, 15) is 4.79 Å². The third-order valence-electron chi connectivity index (χ3n) is 4.85. The van der Waals surface area contributed by atoms with Gasteiger partial charge in [-0.25, -0.2) is 0 Å². The van der Waals surface area contributed by atoms with Gasteiger partial charge in [0.2, 0.25) is 0 Å². The van der Waals surface area contributed by atoms with Gasteiger partial charge >= 0.3 is 0 Å². The van der Waals surface area contributed by atoms with Crippen LogP contribution in [0.4, 0.5) is 0 Å². The molecule has 0 aromatic rings. The van der Waals surface area contributed by atoms with Crippen LogP contribution >= 0.6 is 23.5 Å². The molecule has 146 valence electrons. The maximum absolute atomic E-state index is 13.0. The number of rotatable bonds is 11. The van der Waals surface area contributed by atoms with Gasteiger partial charge in [-0.05, 0) is 49.8 Å². The molecular formula is C23H30O2S2. The van der Waals surface area contributed by atoms with Gasteiger partial charge in [0.05, 0.1) is 12.4 Å². The predicted molar refractivity (Wildman–Crippen MR) is 120 cm³/mol. The predicted octanol–water partition coefficient (Wildman–Crippen LogP) is 6.79. The van der Waals surface area contributed by atoms with Gasteiger partial charge in [0.1, 0.15) is 0 Å². The number of carbonyl (C=O) groups is 1. The first-order valence-electron chi connectivity index (χ1n) is 9.70. The second kappa shape index (κ2) is 12.2. The van der Waals surface area contributed by atoms with Gasteiger partial charge in [0.15, 0.2) is 5.78 Å². The lowest BCUT2D eigenvalue weighted by Gasteiger charge is -2.32. The van der Waals surface area contributed by atoms with Crippen molar-refractivity contribution in [1.82, 2.24) is 0 Å².